The van der Waals surface area contributed by atoms with Crippen molar-refractivity contribution in [1.29, 1.82) is 0 Å². The Hall–Kier alpha value is -2.74. The second kappa shape index (κ2) is 11.6. The number of benzene rings is 1. The van der Waals surface area contributed by atoms with Crippen LogP contribution in [0, 0.1) is 12.3 Å². The Kier molecular flexibility index (Phi) is 8.79. The first-order valence-electron chi connectivity index (χ1n) is 13.3. The molecule has 8 nitrogen and oxygen atoms in total. The monoisotopic (exact) mass is 580 g/mol. The van der Waals surface area contributed by atoms with Crippen LogP contribution in [-0.2, 0) is 16.1 Å². The number of carbonyl (C=O) groups is 2. The van der Waals surface area contributed by atoms with Crippen LogP contribution < -0.4 is 4.90 Å². The molecule has 14 heteroatoms. The van der Waals surface area contributed by atoms with Crippen LogP contribution in [0.1, 0.15) is 30.4 Å². The smallest absolute Gasteiger partial charge is 0.434 e. The van der Waals surface area contributed by atoms with Gasteiger partial charge in [0.2, 0.25) is 0 Å². The van der Waals surface area contributed by atoms with Gasteiger partial charge in [0.1, 0.15) is 0 Å². The summed E-state index contributed by atoms with van der Waals surface area (Å²) in [6.07, 6.45) is -14.4. The molecule has 3 fully saturated rings. The molecule has 40 heavy (non-hydrogen) atoms. The number of carbonyl (C=O) groups excluding carboxylic acids is 1. The fraction of sp³-hybridized carbons (Fsp3) is 0.692. The lowest BCUT2D eigenvalue weighted by Crippen LogP contribution is -2.52. The van der Waals surface area contributed by atoms with Crippen molar-refractivity contribution in [3.63, 3.8) is 0 Å². The normalized spacial score (nSPS) is 20.9. The van der Waals surface area contributed by atoms with E-state index in [4.69, 9.17) is 5.11 Å². The molecular formula is C26H34F6N4O4. The summed E-state index contributed by atoms with van der Waals surface area (Å²) >= 11 is 0. The van der Waals surface area contributed by atoms with E-state index in [1.165, 1.54) is 0 Å². The first-order chi connectivity index (χ1) is 18.6. The van der Waals surface area contributed by atoms with E-state index in [2.05, 4.69) is 15.7 Å². The SMILES string of the molecule is Cc1ccc(CN2CCN(C(=O)OC(C(F)(F)F)C(F)(F)F)CC2)c(N2CCC3(CCN(CC(=O)O)C3)CC2)c1. The first-order valence-corrected chi connectivity index (χ1v) is 13.3. The third kappa shape index (κ3) is 7.31. The summed E-state index contributed by atoms with van der Waals surface area (Å²) in [5.74, 6) is -0.816. The average Bonchev–Trinajstić information content (AvgIpc) is 3.24. The number of anilines is 1. The van der Waals surface area contributed by atoms with Gasteiger partial charge in [-0.25, -0.2) is 4.79 Å². The Balaban J connectivity index is 1.33. The number of ether oxygens (including phenoxy) is 1. The molecule has 0 aromatic heterocycles. The lowest BCUT2D eigenvalue weighted by Gasteiger charge is -2.41. The van der Waals surface area contributed by atoms with Gasteiger partial charge < -0.3 is 19.6 Å². The molecule has 0 bridgehead atoms. The second-order valence-electron chi connectivity index (χ2n) is 11.1. The third-order valence-electron chi connectivity index (χ3n) is 8.12. The topological polar surface area (TPSA) is 76.6 Å². The number of halogens is 6. The Morgan fingerprint density at radius 1 is 0.925 bits per heavy atom. The molecule has 4 rings (SSSR count). The quantitative estimate of drug-likeness (QED) is 0.508. The van der Waals surface area contributed by atoms with Crippen molar-refractivity contribution in [3.8, 4) is 0 Å². The Bertz CT molecular complexity index is 1050. The van der Waals surface area contributed by atoms with Crippen molar-refractivity contribution in [3.05, 3.63) is 29.3 Å². The van der Waals surface area contributed by atoms with Crippen molar-refractivity contribution in [2.75, 3.05) is 63.8 Å². The van der Waals surface area contributed by atoms with Crippen LogP contribution in [0.5, 0.6) is 0 Å². The highest BCUT2D eigenvalue weighted by molar-refractivity contribution is 5.69. The van der Waals surface area contributed by atoms with Crippen molar-refractivity contribution >= 4 is 17.7 Å². The van der Waals surface area contributed by atoms with Gasteiger partial charge in [0.05, 0.1) is 6.54 Å². The van der Waals surface area contributed by atoms with Gasteiger partial charge in [0, 0.05) is 58.0 Å². The van der Waals surface area contributed by atoms with Gasteiger partial charge in [-0.1, -0.05) is 12.1 Å². The number of aryl methyl sites for hydroxylation is 1. The summed E-state index contributed by atoms with van der Waals surface area (Å²) in [6.45, 7) is 6.24. The van der Waals surface area contributed by atoms with Crippen molar-refractivity contribution in [1.82, 2.24) is 14.7 Å². The van der Waals surface area contributed by atoms with Gasteiger partial charge in [-0.15, -0.1) is 0 Å². The molecule has 0 atom stereocenters. The fourth-order valence-electron chi connectivity index (χ4n) is 5.91. The van der Waals surface area contributed by atoms with Crippen LogP contribution in [0.25, 0.3) is 0 Å². The summed E-state index contributed by atoms with van der Waals surface area (Å²) in [7, 11) is 0. The highest BCUT2D eigenvalue weighted by atomic mass is 19.4. The minimum atomic E-state index is -5.75. The number of carboxylic acids is 1. The van der Waals surface area contributed by atoms with Gasteiger partial charge >= 0.3 is 24.4 Å². The molecule has 3 aliphatic heterocycles. The third-order valence-corrected chi connectivity index (χ3v) is 8.12. The molecule has 3 saturated heterocycles. The van der Waals surface area contributed by atoms with Gasteiger partial charge in [-0.3, -0.25) is 14.6 Å². The minimum Gasteiger partial charge on any atom is -0.480 e. The van der Waals surface area contributed by atoms with Crippen LogP contribution in [0.4, 0.5) is 36.8 Å². The lowest BCUT2D eigenvalue weighted by molar-refractivity contribution is -0.308. The van der Waals surface area contributed by atoms with Crippen LogP contribution in [-0.4, -0.2) is 109 Å². The zero-order valence-electron chi connectivity index (χ0n) is 22.2. The zero-order chi connectivity index (χ0) is 29.3. The number of piperidine rings is 1. The van der Waals surface area contributed by atoms with Gasteiger partial charge in [-0.2, -0.15) is 26.3 Å². The molecule has 3 heterocycles. The van der Waals surface area contributed by atoms with Crippen molar-refractivity contribution in [2.45, 2.75) is 51.2 Å². The van der Waals surface area contributed by atoms with Crippen LogP contribution in [0.15, 0.2) is 18.2 Å². The molecular weight excluding hydrogens is 546 g/mol. The maximum Gasteiger partial charge on any atom is 0.434 e. The number of carboxylic acid groups (broad SMARTS) is 1. The summed E-state index contributed by atoms with van der Waals surface area (Å²) in [6, 6.07) is 6.13. The number of hydrogen-bond donors (Lipinski definition) is 1. The maximum atomic E-state index is 12.8. The molecule has 3 aliphatic rings. The number of alkyl halides is 6. The van der Waals surface area contributed by atoms with E-state index in [1.807, 2.05) is 28.9 Å². The molecule has 1 N–H and O–H groups in total. The van der Waals surface area contributed by atoms with Crippen molar-refractivity contribution < 1.29 is 45.8 Å². The largest absolute Gasteiger partial charge is 0.480 e. The summed E-state index contributed by atoms with van der Waals surface area (Å²) in [5.41, 5.74) is 3.34. The van der Waals surface area contributed by atoms with Crippen LogP contribution >= 0.6 is 0 Å². The van der Waals surface area contributed by atoms with E-state index in [0.29, 0.717) is 6.54 Å². The van der Waals surface area contributed by atoms with E-state index in [0.717, 1.165) is 67.2 Å². The first kappa shape index (κ1) is 30.2. The summed E-state index contributed by atoms with van der Waals surface area (Å²) in [5, 5.41) is 9.12. The molecule has 224 valence electrons. The highest BCUT2D eigenvalue weighted by Crippen LogP contribution is 2.42. The zero-order valence-corrected chi connectivity index (χ0v) is 22.2. The lowest BCUT2D eigenvalue weighted by atomic mass is 9.77. The number of hydrogen-bond acceptors (Lipinski definition) is 6. The summed E-state index contributed by atoms with van der Waals surface area (Å²) in [4.78, 5) is 30.4. The van der Waals surface area contributed by atoms with Crippen LogP contribution in [0.2, 0.25) is 0 Å². The standard InChI is InChI=1S/C26H34F6N4O4/c1-18-2-3-19(20(14-18)35-8-5-24(6-9-35)4-7-34(17-24)16-21(37)38)15-33-10-12-36(13-11-33)23(39)40-22(25(27,28)29)26(30,31)32/h2-3,14,22H,4-13,15-17H2,1H3,(H,37,38). The molecule has 0 aliphatic carbocycles. The van der Waals surface area contributed by atoms with Gasteiger partial charge in [0.25, 0.3) is 6.10 Å². The predicted octanol–water partition coefficient (Wildman–Crippen LogP) is 4.12. The van der Waals surface area contributed by atoms with E-state index in [9.17, 15) is 35.9 Å². The fourth-order valence-corrected chi connectivity index (χ4v) is 5.91. The Morgan fingerprint density at radius 2 is 1.52 bits per heavy atom. The van der Waals surface area contributed by atoms with E-state index in [1.54, 1.807) is 0 Å². The number of likely N-dealkylation sites (tertiary alicyclic amines) is 1. The molecule has 0 saturated carbocycles. The molecule has 1 aromatic carbocycles. The van der Waals surface area contributed by atoms with E-state index < -0.39 is 30.5 Å². The Labute approximate surface area is 228 Å². The van der Waals surface area contributed by atoms with E-state index >= 15 is 0 Å². The molecule has 1 amide bonds. The number of piperazine rings is 1. The molecule has 1 spiro atoms. The van der Waals surface area contributed by atoms with Crippen LogP contribution in [0.3, 0.4) is 0 Å². The number of aliphatic carboxylic acids is 1. The van der Waals surface area contributed by atoms with E-state index in [-0.39, 0.29) is 38.1 Å². The molecule has 1 aromatic rings. The number of rotatable bonds is 6. The van der Waals surface area contributed by atoms with Gasteiger partial charge in [-0.05, 0) is 55.3 Å². The number of amides is 1. The summed E-state index contributed by atoms with van der Waals surface area (Å²) < 4.78 is 80.4. The maximum absolute atomic E-state index is 12.8. The second-order valence-corrected chi connectivity index (χ2v) is 11.1. The molecule has 0 unspecified atom stereocenters. The van der Waals surface area contributed by atoms with Gasteiger partial charge in [0.15, 0.2) is 0 Å². The predicted molar refractivity (Wildman–Crippen MR) is 133 cm³/mol. The number of nitrogens with zero attached hydrogens (tertiary/aromatic N) is 4. The van der Waals surface area contributed by atoms with Crippen molar-refractivity contribution in [2.24, 2.45) is 5.41 Å². The molecule has 0 radical (unpaired) electrons. The minimum absolute atomic E-state index is 0.0540. The Morgan fingerprint density at radius 3 is 2.10 bits per heavy atom. The highest BCUT2D eigenvalue weighted by Gasteiger charge is 2.60. The average molecular weight is 581 g/mol.